The maximum absolute atomic E-state index is 12.2. The number of hydrogen-bond acceptors (Lipinski definition) is 30. The molecule has 0 aliphatic carbocycles. The molecular formula is C62H58ClN21O9S5. The highest BCUT2D eigenvalue weighted by Gasteiger charge is 2.23. The molecule has 3 amide bonds. The van der Waals surface area contributed by atoms with E-state index in [1.54, 1.807) is 83.1 Å². The Labute approximate surface area is 580 Å². The van der Waals surface area contributed by atoms with E-state index in [-0.39, 0.29) is 57.6 Å². The lowest BCUT2D eigenvalue weighted by atomic mass is 10.1. The molecular weight excluding hydrogens is 1380 g/mol. The molecule has 12 aromatic rings. The van der Waals surface area contributed by atoms with Crippen molar-refractivity contribution >= 4 is 190 Å². The van der Waals surface area contributed by atoms with E-state index in [2.05, 4.69) is 94.0 Å². The third-order valence-corrected chi connectivity index (χ3v) is 18.5. The van der Waals surface area contributed by atoms with Crippen molar-refractivity contribution in [1.29, 1.82) is 0 Å². The number of amides is 3. The number of urea groups is 1. The molecule has 502 valence electrons. The number of nitrogens with zero attached hydrogens (tertiary/aromatic N) is 19. The number of sulfonamides is 1. The third kappa shape index (κ3) is 17.7. The number of halogens is 1. The topological polar surface area (TPSA) is 403 Å². The number of aryl methyl sites for hydroxylation is 1. The summed E-state index contributed by atoms with van der Waals surface area (Å²) in [5, 5.41) is 84.7. The van der Waals surface area contributed by atoms with Gasteiger partial charge in [-0.05, 0) is 169 Å². The van der Waals surface area contributed by atoms with Crippen LogP contribution in [0.4, 0.5) is 64.6 Å². The average molecular weight is 1440 g/mol. The van der Waals surface area contributed by atoms with Crippen LogP contribution in [0.1, 0.15) is 38.3 Å². The van der Waals surface area contributed by atoms with Gasteiger partial charge in [0.2, 0.25) is 15.9 Å². The highest BCUT2D eigenvalue weighted by atomic mass is 35.5. The van der Waals surface area contributed by atoms with Gasteiger partial charge in [0.25, 0.3) is 0 Å². The molecule has 8 heterocycles. The van der Waals surface area contributed by atoms with Crippen LogP contribution in [-0.2, 0) is 26.0 Å². The van der Waals surface area contributed by atoms with Crippen LogP contribution in [0.25, 0.3) is 44.1 Å². The Morgan fingerprint density at radius 2 is 1.02 bits per heavy atom. The summed E-state index contributed by atoms with van der Waals surface area (Å²) in [6.07, 6.45) is 8.87. The van der Waals surface area contributed by atoms with Gasteiger partial charge in [-0.1, -0.05) is 25.4 Å². The van der Waals surface area contributed by atoms with E-state index < -0.39 is 10.0 Å². The van der Waals surface area contributed by atoms with E-state index in [0.717, 1.165) is 42.9 Å². The number of aliphatic imine (C=N–C) groups is 1. The second kappa shape index (κ2) is 33.1. The third-order valence-electron chi connectivity index (χ3n) is 13.3. The van der Waals surface area contributed by atoms with E-state index in [9.17, 15) is 38.4 Å². The molecule has 8 aromatic heterocycles. The Hall–Kier alpha value is -11.0. The van der Waals surface area contributed by atoms with Crippen molar-refractivity contribution in [3.8, 4) is 23.0 Å². The number of carbonyl (C=O) groups excluding carboxylic acids is 2. The minimum absolute atomic E-state index is 0.0448. The summed E-state index contributed by atoms with van der Waals surface area (Å²) < 4.78 is 47.3. The number of phenols is 4. The Balaban J connectivity index is 0.000000153. The Bertz CT molecular complexity index is 5140. The fourth-order valence-corrected chi connectivity index (χ4v) is 12.1. The highest BCUT2D eigenvalue weighted by molar-refractivity contribution is 7.89. The maximum atomic E-state index is 12.2. The van der Waals surface area contributed by atoms with Gasteiger partial charge in [-0.3, -0.25) is 4.79 Å². The molecule has 0 spiro atoms. The SMILES string of the molecule is CCOC=Nc1cc(O)c(NC(=O)CC)cc1N=Nc1snc2ncccc12.CCc1c(N=Nc2snc3ncccc23)cc(C)c(O)c1Cl.CN(C)C(=O)Nc1cc(N=Nc2snc3ncccc23)ccc1O.CN(C)S(=O)(=O)c1cc(N=Nc2snc3ncccc23)ccc1O. The van der Waals surface area contributed by atoms with Gasteiger partial charge in [0.15, 0.2) is 49.0 Å². The predicted molar refractivity (Wildman–Crippen MR) is 380 cm³/mol. The molecule has 4 aromatic carbocycles. The number of phenolic OH excluding ortho intramolecular Hbond substituents is 4. The average Bonchev–Trinajstić information content (AvgIpc) is 1.22. The van der Waals surface area contributed by atoms with E-state index in [0.29, 0.717) is 94.6 Å². The minimum atomic E-state index is -3.77. The fraction of sp³-hybridized carbons (Fsp3) is 0.177. The van der Waals surface area contributed by atoms with Crippen LogP contribution in [0, 0.1) is 6.92 Å². The van der Waals surface area contributed by atoms with Gasteiger partial charge in [0.1, 0.15) is 33.6 Å². The van der Waals surface area contributed by atoms with Crippen LogP contribution >= 0.6 is 57.7 Å². The number of fused-ring (bicyclic) bond motifs is 4. The number of azo groups is 4. The summed E-state index contributed by atoms with van der Waals surface area (Å²) in [6.45, 7) is 7.75. The number of ether oxygens (including phenoxy) is 1. The van der Waals surface area contributed by atoms with E-state index >= 15 is 0 Å². The normalized spacial score (nSPS) is 11.7. The minimum Gasteiger partial charge on any atom is -0.507 e. The van der Waals surface area contributed by atoms with Crippen molar-refractivity contribution in [1.82, 2.24) is 46.6 Å². The molecule has 0 radical (unpaired) electrons. The standard InChI is InChI=1S/C18H18N6O3S.C15H13ClN4OS.C15H14N6O2S.C14H13N5O3S2/c1-3-16(26)21-14-8-13(12(9-15(14)25)20-10-27-4-2)22-23-18-11-6-5-7-19-17(11)24-28-18;1-3-9-11(7-8(2)13(21)12(9)16)18-19-15-10-5-4-6-17-14(10)20-22-15;1-21(2)15(23)17-11-8-9(5-6-12(11)22)18-19-14-10-4-3-7-16-13(10)20-24-14;1-19(2)24(21,22)12-8-9(5-6-11(12)20)16-17-14-10-4-3-7-15-13(10)18-23-14/h5-10,25H,3-4H2,1-2H3,(H,21,26);4-7,21H,3H2,1-2H3;3-8,22H,1-2H3,(H,17,23);3-8,20H,1-2H3. The zero-order valence-corrected chi connectivity index (χ0v) is 57.9. The summed E-state index contributed by atoms with van der Waals surface area (Å²) in [4.78, 5) is 45.3. The number of carbonyl (C=O) groups is 2. The molecule has 0 fully saturated rings. The Morgan fingerprint density at radius 3 is 1.48 bits per heavy atom. The summed E-state index contributed by atoms with van der Waals surface area (Å²) in [5.74, 6) is -0.642. The number of nitrogens with one attached hydrogen (secondary N) is 2. The van der Waals surface area contributed by atoms with E-state index in [1.807, 2.05) is 50.2 Å². The Kier molecular flexibility index (Phi) is 24.1. The van der Waals surface area contributed by atoms with Crippen LogP contribution < -0.4 is 10.6 Å². The number of aromatic hydroxyl groups is 4. The van der Waals surface area contributed by atoms with E-state index in [1.165, 1.54) is 96.4 Å². The van der Waals surface area contributed by atoms with Crippen molar-refractivity contribution in [3.05, 3.63) is 144 Å². The van der Waals surface area contributed by atoms with Gasteiger partial charge in [-0.15, -0.1) is 40.9 Å². The summed E-state index contributed by atoms with van der Waals surface area (Å²) >= 11 is 11.0. The van der Waals surface area contributed by atoms with Crippen LogP contribution in [0.15, 0.2) is 179 Å². The summed E-state index contributed by atoms with van der Waals surface area (Å²) in [5.41, 5.74) is 6.57. The molecule has 36 heteroatoms. The molecule has 30 nitrogen and oxygen atoms in total. The first-order valence-corrected chi connectivity index (χ1v) is 34.0. The van der Waals surface area contributed by atoms with Gasteiger partial charge in [0, 0.05) is 71.0 Å². The fourth-order valence-electron chi connectivity index (χ4n) is 8.14. The predicted octanol–water partition coefficient (Wildman–Crippen LogP) is 17.2. The second-order valence-electron chi connectivity index (χ2n) is 20.4. The van der Waals surface area contributed by atoms with Crippen LogP contribution in [0.2, 0.25) is 5.02 Å². The lowest BCUT2D eigenvalue weighted by Gasteiger charge is -2.13. The zero-order valence-electron chi connectivity index (χ0n) is 53.1. The van der Waals surface area contributed by atoms with Gasteiger partial charge in [-0.2, -0.15) is 17.5 Å². The van der Waals surface area contributed by atoms with Crippen molar-refractivity contribution in [3.63, 3.8) is 0 Å². The van der Waals surface area contributed by atoms with Crippen LogP contribution in [-0.4, -0.2) is 129 Å². The molecule has 12 rings (SSSR count). The second-order valence-corrected chi connectivity index (χ2v) is 25.9. The highest BCUT2D eigenvalue weighted by Crippen LogP contribution is 2.42. The molecule has 0 aliphatic heterocycles. The number of rotatable bonds is 17. The number of hydrogen-bond donors (Lipinski definition) is 6. The first-order chi connectivity index (χ1) is 47.2. The number of benzene rings is 4. The number of anilines is 2. The van der Waals surface area contributed by atoms with Crippen molar-refractivity contribution in [2.75, 3.05) is 45.4 Å². The summed E-state index contributed by atoms with van der Waals surface area (Å²) in [7, 11) is 2.22. The molecule has 0 unspecified atom stereocenters. The van der Waals surface area contributed by atoms with Crippen molar-refractivity contribution < 1.29 is 43.2 Å². The first kappa shape index (κ1) is 71.3. The molecule has 98 heavy (non-hydrogen) atoms. The smallest absolute Gasteiger partial charge is 0.321 e. The monoisotopic (exact) mass is 1440 g/mol. The molecule has 0 bridgehead atoms. The number of pyridine rings is 4. The van der Waals surface area contributed by atoms with Gasteiger partial charge < -0.3 is 40.7 Å². The van der Waals surface area contributed by atoms with Gasteiger partial charge >= 0.3 is 6.03 Å². The number of aromatic nitrogens is 8. The molecule has 6 N–H and O–H groups in total. The molecule has 0 saturated carbocycles. The van der Waals surface area contributed by atoms with Crippen molar-refractivity contribution in [2.24, 2.45) is 45.9 Å². The Morgan fingerprint density at radius 1 is 0.561 bits per heavy atom. The van der Waals surface area contributed by atoms with Gasteiger partial charge in [-0.25, -0.2) is 42.4 Å². The summed E-state index contributed by atoms with van der Waals surface area (Å²) in [6, 6.07) is 27.7. The van der Waals surface area contributed by atoms with Crippen LogP contribution in [0.3, 0.4) is 0 Å². The molecule has 0 saturated heterocycles. The van der Waals surface area contributed by atoms with E-state index in [4.69, 9.17) is 16.3 Å². The van der Waals surface area contributed by atoms with Gasteiger partial charge in [0.05, 0.1) is 67.3 Å². The van der Waals surface area contributed by atoms with Crippen molar-refractivity contribution in [2.45, 2.75) is 45.4 Å². The molecule has 0 aliphatic rings. The quantitative estimate of drug-likeness (QED) is 0.0213. The largest absolute Gasteiger partial charge is 0.507 e. The first-order valence-electron chi connectivity index (χ1n) is 29.0. The lowest BCUT2D eigenvalue weighted by molar-refractivity contribution is -0.115. The van der Waals surface area contributed by atoms with Crippen LogP contribution in [0.5, 0.6) is 23.0 Å². The lowest BCUT2D eigenvalue weighted by Crippen LogP contribution is -2.27. The maximum Gasteiger partial charge on any atom is 0.321 e. The zero-order chi connectivity index (χ0) is 70.0. The molecule has 0 atom stereocenters.